The fourth-order valence-electron chi connectivity index (χ4n) is 1.61. The smallest absolute Gasteiger partial charge is 0.0828 e. The zero-order valence-electron chi connectivity index (χ0n) is 9.68. The average molecular weight is 331 g/mol. The Morgan fingerprint density at radius 3 is 2.94 bits per heavy atom. The minimum absolute atomic E-state index is 0.172. The van der Waals surface area contributed by atoms with Crippen LogP contribution >= 0.6 is 27.5 Å². The molecule has 0 spiro atoms. The van der Waals surface area contributed by atoms with Crippen LogP contribution in [0.2, 0.25) is 5.02 Å². The quantitative estimate of drug-likeness (QED) is 0.917. The molecule has 1 heterocycles. The van der Waals surface area contributed by atoms with E-state index < -0.39 is 0 Å². The maximum Gasteiger partial charge on any atom is 0.0828 e. The molecule has 2 aromatic rings. The lowest BCUT2D eigenvalue weighted by molar-refractivity contribution is 0.288. The van der Waals surface area contributed by atoms with E-state index in [0.29, 0.717) is 18.0 Å². The van der Waals surface area contributed by atoms with Crippen LogP contribution < -0.4 is 0 Å². The molecule has 1 aromatic carbocycles. The van der Waals surface area contributed by atoms with Crippen LogP contribution in [0.15, 0.2) is 28.9 Å². The van der Waals surface area contributed by atoms with Crippen LogP contribution in [-0.2, 0) is 13.0 Å². The Morgan fingerprint density at radius 2 is 2.22 bits per heavy atom. The van der Waals surface area contributed by atoms with Gasteiger partial charge < -0.3 is 5.11 Å². The lowest BCUT2D eigenvalue weighted by Gasteiger charge is -2.04. The van der Waals surface area contributed by atoms with Gasteiger partial charge in [-0.1, -0.05) is 38.8 Å². The van der Waals surface area contributed by atoms with Crippen molar-refractivity contribution in [3.8, 4) is 0 Å². The maximum atomic E-state index is 8.76. The predicted molar refractivity (Wildman–Crippen MR) is 73.7 cm³/mol. The standard InChI is InChI=1S/C12H13BrClN3O/c13-10-4-3-9(12(14)6-10)7-17-8-11(15-16-17)2-1-5-18/h3-4,6,8,18H,1-2,5,7H2. The van der Waals surface area contributed by atoms with Gasteiger partial charge in [0.15, 0.2) is 0 Å². The molecule has 0 saturated carbocycles. The van der Waals surface area contributed by atoms with Crippen molar-refractivity contribution in [2.75, 3.05) is 6.61 Å². The summed E-state index contributed by atoms with van der Waals surface area (Å²) in [6.07, 6.45) is 3.33. The predicted octanol–water partition coefficient (Wildman–Crippen LogP) is 2.67. The highest BCUT2D eigenvalue weighted by atomic mass is 79.9. The minimum atomic E-state index is 0.172. The van der Waals surface area contributed by atoms with Crippen molar-refractivity contribution in [2.24, 2.45) is 0 Å². The van der Waals surface area contributed by atoms with E-state index in [4.69, 9.17) is 16.7 Å². The largest absolute Gasteiger partial charge is 0.396 e. The number of rotatable bonds is 5. The number of aryl methyl sites for hydroxylation is 1. The third-order valence-electron chi connectivity index (χ3n) is 2.52. The zero-order valence-corrected chi connectivity index (χ0v) is 12.0. The van der Waals surface area contributed by atoms with Gasteiger partial charge in [-0.25, -0.2) is 4.68 Å². The summed E-state index contributed by atoms with van der Waals surface area (Å²) in [5.74, 6) is 0. The Morgan fingerprint density at radius 1 is 1.39 bits per heavy atom. The molecule has 0 saturated heterocycles. The maximum absolute atomic E-state index is 8.76. The van der Waals surface area contributed by atoms with Gasteiger partial charge in [-0.3, -0.25) is 0 Å². The number of halogens is 2. The monoisotopic (exact) mass is 329 g/mol. The Labute approximate surface area is 119 Å². The topological polar surface area (TPSA) is 50.9 Å². The fourth-order valence-corrected chi connectivity index (χ4v) is 2.35. The summed E-state index contributed by atoms with van der Waals surface area (Å²) in [6, 6.07) is 5.77. The van der Waals surface area contributed by atoms with Gasteiger partial charge in [-0.05, 0) is 30.5 Å². The lowest BCUT2D eigenvalue weighted by Crippen LogP contribution is -2.01. The summed E-state index contributed by atoms with van der Waals surface area (Å²) >= 11 is 9.52. The molecule has 4 nitrogen and oxygen atoms in total. The van der Waals surface area contributed by atoms with E-state index >= 15 is 0 Å². The molecule has 18 heavy (non-hydrogen) atoms. The normalized spacial score (nSPS) is 10.8. The molecular weight excluding hydrogens is 318 g/mol. The van der Waals surface area contributed by atoms with E-state index in [0.717, 1.165) is 22.2 Å². The highest BCUT2D eigenvalue weighted by Gasteiger charge is 2.05. The van der Waals surface area contributed by atoms with Crippen molar-refractivity contribution in [3.05, 3.63) is 45.1 Å². The van der Waals surface area contributed by atoms with E-state index in [9.17, 15) is 0 Å². The first-order valence-corrected chi connectivity index (χ1v) is 6.80. The number of hydrogen-bond donors (Lipinski definition) is 1. The van der Waals surface area contributed by atoms with Crippen LogP contribution in [0, 0.1) is 0 Å². The molecule has 0 aliphatic heterocycles. The third-order valence-corrected chi connectivity index (χ3v) is 3.37. The molecule has 2 rings (SSSR count). The summed E-state index contributed by atoms with van der Waals surface area (Å²) in [4.78, 5) is 0. The number of benzene rings is 1. The molecule has 0 radical (unpaired) electrons. The Hall–Kier alpha value is -0.910. The molecule has 1 aromatic heterocycles. The Balaban J connectivity index is 2.06. The molecule has 0 aliphatic rings. The summed E-state index contributed by atoms with van der Waals surface area (Å²) in [6.45, 7) is 0.767. The molecule has 0 fully saturated rings. The van der Waals surface area contributed by atoms with Gasteiger partial charge in [0.2, 0.25) is 0 Å². The number of aliphatic hydroxyl groups is 1. The average Bonchev–Trinajstić information content (AvgIpc) is 2.78. The van der Waals surface area contributed by atoms with E-state index in [1.807, 2.05) is 24.4 Å². The first-order chi connectivity index (χ1) is 8.69. The van der Waals surface area contributed by atoms with Crippen LogP contribution in [0.25, 0.3) is 0 Å². The summed E-state index contributed by atoms with van der Waals surface area (Å²) in [7, 11) is 0. The van der Waals surface area contributed by atoms with Crippen molar-refractivity contribution >= 4 is 27.5 Å². The SMILES string of the molecule is OCCCc1cn(Cc2ccc(Br)cc2Cl)nn1. The van der Waals surface area contributed by atoms with Gasteiger partial charge >= 0.3 is 0 Å². The first-order valence-electron chi connectivity index (χ1n) is 5.63. The van der Waals surface area contributed by atoms with Gasteiger partial charge in [-0.15, -0.1) is 5.10 Å². The van der Waals surface area contributed by atoms with Gasteiger partial charge in [0, 0.05) is 22.3 Å². The summed E-state index contributed by atoms with van der Waals surface area (Å²) in [5, 5.41) is 17.5. The van der Waals surface area contributed by atoms with Crippen LogP contribution in [0.5, 0.6) is 0 Å². The fraction of sp³-hybridized carbons (Fsp3) is 0.333. The lowest BCUT2D eigenvalue weighted by atomic mass is 10.2. The second-order valence-electron chi connectivity index (χ2n) is 3.97. The zero-order chi connectivity index (χ0) is 13.0. The van der Waals surface area contributed by atoms with Crippen LogP contribution in [0.1, 0.15) is 17.7 Å². The van der Waals surface area contributed by atoms with Gasteiger partial charge in [0.1, 0.15) is 0 Å². The highest BCUT2D eigenvalue weighted by Crippen LogP contribution is 2.21. The van der Waals surface area contributed by atoms with Crippen molar-refractivity contribution in [1.82, 2.24) is 15.0 Å². The molecule has 6 heteroatoms. The van der Waals surface area contributed by atoms with Crippen LogP contribution in [0.4, 0.5) is 0 Å². The minimum Gasteiger partial charge on any atom is -0.396 e. The van der Waals surface area contributed by atoms with E-state index in [-0.39, 0.29) is 6.61 Å². The van der Waals surface area contributed by atoms with E-state index in [1.165, 1.54) is 0 Å². The summed E-state index contributed by atoms with van der Waals surface area (Å²) in [5.41, 5.74) is 1.88. The van der Waals surface area contributed by atoms with E-state index in [2.05, 4.69) is 26.2 Å². The third kappa shape index (κ3) is 3.54. The molecule has 0 aliphatic carbocycles. The van der Waals surface area contributed by atoms with Crippen molar-refractivity contribution in [1.29, 1.82) is 0 Å². The van der Waals surface area contributed by atoms with E-state index in [1.54, 1.807) is 4.68 Å². The number of aliphatic hydroxyl groups excluding tert-OH is 1. The Kier molecular flexibility index (Phi) is 4.74. The molecule has 0 bridgehead atoms. The van der Waals surface area contributed by atoms with Crippen LogP contribution in [0.3, 0.4) is 0 Å². The first kappa shape index (κ1) is 13.5. The van der Waals surface area contributed by atoms with Crippen molar-refractivity contribution < 1.29 is 5.11 Å². The van der Waals surface area contributed by atoms with Gasteiger partial charge in [0.25, 0.3) is 0 Å². The second kappa shape index (κ2) is 6.31. The molecule has 1 N–H and O–H groups in total. The second-order valence-corrected chi connectivity index (χ2v) is 5.29. The molecule has 0 unspecified atom stereocenters. The number of aromatic nitrogens is 3. The summed E-state index contributed by atoms with van der Waals surface area (Å²) < 4.78 is 2.71. The van der Waals surface area contributed by atoms with Gasteiger partial charge in [0.05, 0.1) is 12.2 Å². The highest BCUT2D eigenvalue weighted by molar-refractivity contribution is 9.10. The van der Waals surface area contributed by atoms with Crippen LogP contribution in [-0.4, -0.2) is 26.7 Å². The van der Waals surface area contributed by atoms with Gasteiger partial charge in [-0.2, -0.15) is 0 Å². The van der Waals surface area contributed by atoms with Crippen molar-refractivity contribution in [2.45, 2.75) is 19.4 Å². The Bertz CT molecular complexity index is 530. The molecule has 0 amide bonds. The number of hydrogen-bond acceptors (Lipinski definition) is 3. The molecular formula is C12H13BrClN3O. The van der Waals surface area contributed by atoms with Crippen molar-refractivity contribution in [3.63, 3.8) is 0 Å². The molecule has 96 valence electrons. The molecule has 0 atom stereocenters. The number of nitrogens with zero attached hydrogens (tertiary/aromatic N) is 3.